The van der Waals surface area contributed by atoms with Crippen molar-refractivity contribution < 1.29 is 14.3 Å². The molecule has 1 atom stereocenters. The number of carbonyl (C=O) groups excluding carboxylic acids is 2. The second-order valence-electron chi connectivity index (χ2n) is 9.65. The van der Waals surface area contributed by atoms with Gasteiger partial charge in [-0.2, -0.15) is 0 Å². The maximum Gasteiger partial charge on any atom is 0.420 e. The van der Waals surface area contributed by atoms with E-state index >= 15 is 0 Å². The van der Waals surface area contributed by atoms with Crippen molar-refractivity contribution in [2.75, 3.05) is 0 Å². The Morgan fingerprint density at radius 2 is 1.39 bits per heavy atom. The molecule has 174 valence electrons. The summed E-state index contributed by atoms with van der Waals surface area (Å²) in [5.41, 5.74) is 2.78. The Hall–Kier alpha value is -2.92. The lowest BCUT2D eigenvalue weighted by atomic mass is 9.96. The van der Waals surface area contributed by atoms with Crippen molar-refractivity contribution in [2.24, 2.45) is 0 Å². The van der Waals surface area contributed by atoms with Crippen molar-refractivity contribution >= 4 is 20.5 Å². The molecule has 4 nitrogen and oxygen atoms in total. The molecule has 1 aliphatic rings. The molecule has 0 saturated heterocycles. The van der Waals surface area contributed by atoms with Crippen molar-refractivity contribution in [1.82, 2.24) is 4.90 Å². The van der Waals surface area contributed by atoms with Gasteiger partial charge in [0.15, 0.2) is 0 Å². The van der Waals surface area contributed by atoms with Gasteiger partial charge in [-0.1, -0.05) is 96.1 Å². The molecular formula is C28H35NO3Si. The van der Waals surface area contributed by atoms with Gasteiger partial charge in [-0.05, 0) is 39.5 Å². The smallest absolute Gasteiger partial charge is 0.410 e. The molecule has 5 heteroatoms. The molecule has 0 N–H and O–H groups in total. The first-order valence-corrected chi connectivity index (χ1v) is 14.0. The van der Waals surface area contributed by atoms with E-state index in [4.69, 9.17) is 4.74 Å². The molecule has 0 radical (unpaired) electrons. The maximum atomic E-state index is 13.5. The average Bonchev–Trinajstić information content (AvgIpc) is 2.79. The van der Waals surface area contributed by atoms with Gasteiger partial charge in [0.1, 0.15) is 12.0 Å². The summed E-state index contributed by atoms with van der Waals surface area (Å²) < 4.78 is 5.76. The van der Waals surface area contributed by atoms with Crippen LogP contribution in [0.15, 0.2) is 83.7 Å². The minimum absolute atomic E-state index is 0.438. The van der Waals surface area contributed by atoms with Gasteiger partial charge in [-0.25, -0.2) is 4.79 Å². The fourth-order valence-electron chi connectivity index (χ4n) is 5.80. The van der Waals surface area contributed by atoms with Gasteiger partial charge in [-0.15, -0.1) is 0 Å². The zero-order chi connectivity index (χ0) is 24.2. The molecule has 0 fully saturated rings. The van der Waals surface area contributed by atoms with E-state index in [1.54, 1.807) is 17.0 Å². The lowest BCUT2D eigenvalue weighted by Crippen LogP contribution is -2.49. The maximum absolute atomic E-state index is 13.5. The normalized spacial score (nSPS) is 16.6. The van der Waals surface area contributed by atoms with Gasteiger partial charge in [0, 0.05) is 11.8 Å². The van der Waals surface area contributed by atoms with E-state index < -0.39 is 20.2 Å². The first kappa shape index (κ1) is 24.7. The van der Waals surface area contributed by atoms with E-state index in [-0.39, 0.29) is 0 Å². The number of rotatable bonds is 7. The topological polar surface area (TPSA) is 46.6 Å². The van der Waals surface area contributed by atoms with Crippen LogP contribution >= 0.6 is 0 Å². The van der Waals surface area contributed by atoms with Crippen LogP contribution in [0.1, 0.15) is 53.1 Å². The van der Waals surface area contributed by atoms with Crippen molar-refractivity contribution in [2.45, 2.75) is 64.2 Å². The molecule has 0 bridgehead atoms. The van der Waals surface area contributed by atoms with Crippen LogP contribution in [0, 0.1) is 0 Å². The highest BCUT2D eigenvalue weighted by Gasteiger charge is 2.47. The highest BCUT2D eigenvalue weighted by Crippen LogP contribution is 2.49. The molecule has 2 aromatic rings. The summed E-state index contributed by atoms with van der Waals surface area (Å²) in [4.78, 5) is 27.5. The van der Waals surface area contributed by atoms with Crippen LogP contribution in [0.3, 0.4) is 0 Å². The fraction of sp³-hybridized carbons (Fsp3) is 0.357. The number of nitrogens with zero attached hydrogens (tertiary/aromatic N) is 1. The molecule has 1 unspecified atom stereocenters. The summed E-state index contributed by atoms with van der Waals surface area (Å²) in [5, 5.41) is 1.13. The quantitative estimate of drug-likeness (QED) is 0.317. The Labute approximate surface area is 199 Å². The summed E-state index contributed by atoms with van der Waals surface area (Å²) in [6.07, 6.45) is 4.44. The summed E-state index contributed by atoms with van der Waals surface area (Å²) in [6, 6.07) is 18.2. The lowest BCUT2D eigenvalue weighted by molar-refractivity contribution is -0.105. The Morgan fingerprint density at radius 1 is 0.879 bits per heavy atom. The zero-order valence-corrected chi connectivity index (χ0v) is 21.5. The Morgan fingerprint density at radius 3 is 1.88 bits per heavy atom. The molecule has 0 aliphatic carbocycles. The Kier molecular flexibility index (Phi) is 7.75. The molecule has 2 aromatic carbocycles. The average molecular weight is 462 g/mol. The van der Waals surface area contributed by atoms with Gasteiger partial charge in [0.2, 0.25) is 0 Å². The van der Waals surface area contributed by atoms with E-state index in [9.17, 15) is 9.59 Å². The monoisotopic (exact) mass is 461 g/mol. The van der Waals surface area contributed by atoms with Crippen LogP contribution in [0.4, 0.5) is 4.79 Å². The largest absolute Gasteiger partial charge is 0.420 e. The molecule has 0 spiro atoms. The first-order chi connectivity index (χ1) is 15.7. The lowest BCUT2D eigenvalue weighted by Gasteiger charge is -2.46. The molecule has 33 heavy (non-hydrogen) atoms. The summed E-state index contributed by atoms with van der Waals surface area (Å²) in [7, 11) is -2.12. The van der Waals surface area contributed by atoms with Gasteiger partial charge >= 0.3 is 6.09 Å². The molecule has 0 aromatic heterocycles. The van der Waals surface area contributed by atoms with Gasteiger partial charge in [0.05, 0.1) is 14.1 Å². The third kappa shape index (κ3) is 4.74. The van der Waals surface area contributed by atoms with Gasteiger partial charge in [-0.3, -0.25) is 9.69 Å². The van der Waals surface area contributed by atoms with Crippen molar-refractivity contribution in [3.05, 3.63) is 89.3 Å². The molecule has 1 heterocycles. The number of allylic oxidation sites excluding steroid dienone is 2. The number of carbonyl (C=O) groups is 2. The molecule has 1 amide bonds. The molecular weight excluding hydrogens is 426 g/mol. The predicted octanol–water partition coefficient (Wildman–Crippen LogP) is 7.47. The Balaban J connectivity index is 2.18. The van der Waals surface area contributed by atoms with Crippen LogP contribution in [0.25, 0.3) is 0 Å². The van der Waals surface area contributed by atoms with E-state index in [0.717, 1.165) is 17.0 Å². The first-order valence-electron chi connectivity index (χ1n) is 11.7. The highest BCUT2D eigenvalue weighted by molar-refractivity contribution is 6.90. The van der Waals surface area contributed by atoms with Crippen LogP contribution in [-0.4, -0.2) is 25.4 Å². The van der Waals surface area contributed by atoms with E-state index in [1.165, 1.54) is 0 Å². The summed E-state index contributed by atoms with van der Waals surface area (Å²) in [5.74, 6) is 0.478. The van der Waals surface area contributed by atoms with Crippen molar-refractivity contribution in [3.63, 3.8) is 0 Å². The van der Waals surface area contributed by atoms with Crippen molar-refractivity contribution in [3.8, 4) is 5.75 Å². The standard InChI is InChI=1S/C28H35NO3Si/c1-20(2)33(21(3)4,22(5)6)26-17-24(19-30)27(23-13-9-7-10-14-23)29(18-26)28(31)32-25-15-11-8-12-16-25/h7-22,27H,1-6H3. The number of amides is 1. The second kappa shape index (κ2) is 10.3. The number of para-hydroxylation sites is 1. The Bertz CT molecular complexity index is 1000. The molecule has 3 rings (SSSR count). The van der Waals surface area contributed by atoms with E-state index in [2.05, 4.69) is 47.6 Å². The third-order valence-corrected chi connectivity index (χ3v) is 14.0. The highest BCUT2D eigenvalue weighted by atomic mass is 28.3. The third-order valence-electron chi connectivity index (χ3n) is 6.97. The van der Waals surface area contributed by atoms with Crippen LogP contribution < -0.4 is 4.74 Å². The van der Waals surface area contributed by atoms with Crippen LogP contribution in [-0.2, 0) is 4.79 Å². The van der Waals surface area contributed by atoms with E-state index in [1.807, 2.05) is 54.7 Å². The number of hydrogen-bond acceptors (Lipinski definition) is 3. The molecule has 1 aliphatic heterocycles. The van der Waals surface area contributed by atoms with Gasteiger partial charge < -0.3 is 4.74 Å². The van der Waals surface area contributed by atoms with Crippen LogP contribution in [0.2, 0.25) is 16.6 Å². The molecule has 0 saturated carbocycles. The van der Waals surface area contributed by atoms with Crippen molar-refractivity contribution in [1.29, 1.82) is 0 Å². The fourth-order valence-corrected chi connectivity index (χ4v) is 12.6. The summed E-state index contributed by atoms with van der Waals surface area (Å²) >= 11 is 0. The predicted molar refractivity (Wildman–Crippen MR) is 137 cm³/mol. The minimum Gasteiger partial charge on any atom is -0.410 e. The zero-order valence-electron chi connectivity index (χ0n) is 20.5. The number of benzene rings is 2. The van der Waals surface area contributed by atoms with Gasteiger partial charge in [0.25, 0.3) is 0 Å². The second-order valence-corrected chi connectivity index (χ2v) is 15.6. The van der Waals surface area contributed by atoms with Crippen LogP contribution in [0.5, 0.6) is 5.75 Å². The minimum atomic E-state index is -2.12. The number of hydrogen-bond donors (Lipinski definition) is 0. The number of ether oxygens (including phenoxy) is 1. The van der Waals surface area contributed by atoms with E-state index in [0.29, 0.717) is 27.9 Å². The summed E-state index contributed by atoms with van der Waals surface area (Å²) in [6.45, 7) is 13.7. The SMILES string of the molecule is CC(C)[Si](C1=CN(C(=O)Oc2ccccc2)C(c2ccccc2)C(C=O)=C1)(C(C)C)C(C)C. The number of aldehydes is 1.